The van der Waals surface area contributed by atoms with Gasteiger partial charge in [0.15, 0.2) is 0 Å². The van der Waals surface area contributed by atoms with Gasteiger partial charge >= 0.3 is 0 Å². The number of nitrogens with one attached hydrogen (secondary N) is 1. The van der Waals surface area contributed by atoms with Crippen molar-refractivity contribution in [2.45, 2.75) is 13.0 Å². The van der Waals surface area contributed by atoms with Crippen molar-refractivity contribution in [3.63, 3.8) is 0 Å². The molecular formula is C27H21FN6O. The van der Waals surface area contributed by atoms with Crippen molar-refractivity contribution >= 4 is 5.91 Å². The number of nitrogens with zero attached hydrogens (tertiary/aromatic N) is 5. The van der Waals surface area contributed by atoms with Crippen molar-refractivity contribution < 1.29 is 9.18 Å². The highest BCUT2D eigenvalue weighted by molar-refractivity contribution is 5.95. The molecule has 0 aliphatic rings. The minimum atomic E-state index is -0.377. The number of hydrogen-bond acceptors (Lipinski definition) is 5. The summed E-state index contributed by atoms with van der Waals surface area (Å²) in [6.45, 7) is 1.77. The summed E-state index contributed by atoms with van der Waals surface area (Å²) in [5.41, 5.74) is 3.59. The largest absolute Gasteiger partial charge is 0.341 e. The Balaban J connectivity index is 1.45. The fourth-order valence-electron chi connectivity index (χ4n) is 3.87. The standard InChI is InChI=1S/C27H21FN6O/c1-18-22(26(35)33-25(19-7-3-2-4-8-19)20-11-14-29-15-12-20)17-31-34(18)27-30-16-13-24(32-27)21-9-5-6-10-23(21)28/h2-17,25H,1H3,(H,33,35)/t25-/m1/s1. The SMILES string of the molecule is Cc1c(C(=O)N[C@H](c2ccccc2)c2ccncc2)cnn1-c1nccc(-c2ccccc2F)n1. The second-order valence-corrected chi connectivity index (χ2v) is 7.87. The van der Waals surface area contributed by atoms with Gasteiger partial charge in [0.1, 0.15) is 5.82 Å². The van der Waals surface area contributed by atoms with Crippen LogP contribution < -0.4 is 5.32 Å². The number of halogens is 1. The minimum Gasteiger partial charge on any atom is -0.341 e. The molecule has 0 spiro atoms. The molecule has 0 unspecified atom stereocenters. The molecule has 3 heterocycles. The van der Waals surface area contributed by atoms with Crippen molar-refractivity contribution in [2.75, 3.05) is 0 Å². The summed E-state index contributed by atoms with van der Waals surface area (Å²) in [6, 6.07) is 21.1. The average Bonchev–Trinajstić information content (AvgIpc) is 3.30. The second kappa shape index (κ2) is 9.64. The lowest BCUT2D eigenvalue weighted by Crippen LogP contribution is -2.29. The van der Waals surface area contributed by atoms with Crippen LogP contribution in [0.2, 0.25) is 0 Å². The summed E-state index contributed by atoms with van der Waals surface area (Å²) in [7, 11) is 0. The zero-order valence-corrected chi connectivity index (χ0v) is 18.8. The van der Waals surface area contributed by atoms with Crippen molar-refractivity contribution in [1.82, 2.24) is 30.0 Å². The van der Waals surface area contributed by atoms with Gasteiger partial charge in [0.2, 0.25) is 0 Å². The molecule has 2 aromatic carbocycles. The molecule has 8 heteroatoms. The van der Waals surface area contributed by atoms with Crippen LogP contribution in [0.25, 0.3) is 17.2 Å². The fraction of sp³-hybridized carbons (Fsp3) is 0.0741. The normalized spacial score (nSPS) is 11.7. The van der Waals surface area contributed by atoms with Crippen molar-refractivity contribution in [3.8, 4) is 17.2 Å². The number of hydrogen-bond donors (Lipinski definition) is 1. The Hall–Kier alpha value is -4.72. The number of carbonyl (C=O) groups excluding carboxylic acids is 1. The first-order chi connectivity index (χ1) is 17.1. The van der Waals surface area contributed by atoms with Gasteiger partial charge in [0, 0.05) is 24.2 Å². The zero-order valence-electron chi connectivity index (χ0n) is 18.8. The van der Waals surface area contributed by atoms with Crippen LogP contribution in [0.15, 0.2) is 97.6 Å². The molecule has 7 nitrogen and oxygen atoms in total. The van der Waals surface area contributed by atoms with Gasteiger partial charge in [-0.25, -0.2) is 19.0 Å². The van der Waals surface area contributed by atoms with E-state index < -0.39 is 0 Å². The maximum atomic E-state index is 14.3. The third-order valence-electron chi connectivity index (χ3n) is 5.68. The Kier molecular flexibility index (Phi) is 6.09. The molecule has 5 rings (SSSR count). The van der Waals surface area contributed by atoms with Gasteiger partial charge in [-0.2, -0.15) is 5.10 Å². The molecule has 172 valence electrons. The van der Waals surface area contributed by atoms with Crippen molar-refractivity contribution in [3.05, 3.63) is 126 Å². The summed E-state index contributed by atoms with van der Waals surface area (Å²) in [5, 5.41) is 7.45. The summed E-state index contributed by atoms with van der Waals surface area (Å²) >= 11 is 0. The monoisotopic (exact) mass is 464 g/mol. The van der Waals surface area contributed by atoms with E-state index in [1.165, 1.54) is 16.9 Å². The van der Waals surface area contributed by atoms with E-state index in [2.05, 4.69) is 25.4 Å². The highest BCUT2D eigenvalue weighted by Gasteiger charge is 2.22. The van der Waals surface area contributed by atoms with Crippen LogP contribution in [0.5, 0.6) is 0 Å². The number of benzene rings is 2. The van der Waals surface area contributed by atoms with Crippen LogP contribution >= 0.6 is 0 Å². The Morgan fingerprint density at radius 1 is 0.914 bits per heavy atom. The molecule has 0 aliphatic heterocycles. The fourth-order valence-corrected chi connectivity index (χ4v) is 3.87. The molecule has 35 heavy (non-hydrogen) atoms. The molecule has 5 aromatic rings. The molecule has 0 bridgehead atoms. The lowest BCUT2D eigenvalue weighted by molar-refractivity contribution is 0.0942. The summed E-state index contributed by atoms with van der Waals surface area (Å²) in [5.74, 6) is -0.418. The lowest BCUT2D eigenvalue weighted by atomic mass is 9.99. The van der Waals surface area contributed by atoms with Gasteiger partial charge in [-0.1, -0.05) is 42.5 Å². The van der Waals surface area contributed by atoms with Crippen LogP contribution in [0.4, 0.5) is 4.39 Å². The van der Waals surface area contributed by atoms with E-state index in [1.807, 2.05) is 42.5 Å². The molecule has 1 amide bonds. The number of pyridine rings is 1. The Labute approximate surface area is 201 Å². The van der Waals surface area contributed by atoms with Crippen LogP contribution in [-0.2, 0) is 0 Å². The smallest absolute Gasteiger partial charge is 0.255 e. The molecule has 0 saturated heterocycles. The lowest BCUT2D eigenvalue weighted by Gasteiger charge is -2.19. The zero-order chi connectivity index (χ0) is 24.2. The molecule has 0 saturated carbocycles. The molecule has 1 N–H and O–H groups in total. The molecular weight excluding hydrogens is 443 g/mol. The Morgan fingerprint density at radius 3 is 2.40 bits per heavy atom. The van der Waals surface area contributed by atoms with Gasteiger partial charge in [-0.05, 0) is 48.4 Å². The first-order valence-electron chi connectivity index (χ1n) is 11.0. The predicted octanol–water partition coefficient (Wildman–Crippen LogP) is 4.69. The van der Waals surface area contributed by atoms with E-state index in [-0.39, 0.29) is 23.7 Å². The molecule has 0 fully saturated rings. The second-order valence-electron chi connectivity index (χ2n) is 7.87. The third kappa shape index (κ3) is 4.54. The number of aromatic nitrogens is 5. The van der Waals surface area contributed by atoms with E-state index >= 15 is 0 Å². The van der Waals surface area contributed by atoms with E-state index in [0.717, 1.165) is 11.1 Å². The van der Waals surface area contributed by atoms with Gasteiger partial charge in [-0.15, -0.1) is 0 Å². The maximum absolute atomic E-state index is 14.3. The third-order valence-corrected chi connectivity index (χ3v) is 5.68. The minimum absolute atomic E-state index is 0.246. The first kappa shape index (κ1) is 22.1. The average molecular weight is 465 g/mol. The van der Waals surface area contributed by atoms with Gasteiger partial charge in [-0.3, -0.25) is 9.78 Å². The summed E-state index contributed by atoms with van der Waals surface area (Å²) in [6.07, 6.45) is 6.42. The van der Waals surface area contributed by atoms with Crippen LogP contribution in [-0.4, -0.2) is 30.6 Å². The number of carbonyl (C=O) groups is 1. The predicted molar refractivity (Wildman–Crippen MR) is 129 cm³/mol. The van der Waals surface area contributed by atoms with E-state index in [4.69, 9.17) is 0 Å². The Bertz CT molecular complexity index is 1430. The molecule has 0 aliphatic carbocycles. The van der Waals surface area contributed by atoms with E-state index in [0.29, 0.717) is 22.5 Å². The van der Waals surface area contributed by atoms with E-state index in [9.17, 15) is 9.18 Å². The molecule has 3 aromatic heterocycles. The van der Waals surface area contributed by atoms with Crippen molar-refractivity contribution in [1.29, 1.82) is 0 Å². The highest BCUT2D eigenvalue weighted by Crippen LogP contribution is 2.24. The topological polar surface area (TPSA) is 85.6 Å². The molecule has 0 radical (unpaired) electrons. The number of amides is 1. The van der Waals surface area contributed by atoms with Crippen molar-refractivity contribution in [2.24, 2.45) is 0 Å². The van der Waals surface area contributed by atoms with E-state index in [1.54, 1.807) is 49.8 Å². The van der Waals surface area contributed by atoms with Crippen LogP contribution in [0.1, 0.15) is 33.2 Å². The number of rotatable bonds is 6. The highest BCUT2D eigenvalue weighted by atomic mass is 19.1. The van der Waals surface area contributed by atoms with Crippen LogP contribution in [0.3, 0.4) is 0 Å². The quantitative estimate of drug-likeness (QED) is 0.394. The summed E-state index contributed by atoms with van der Waals surface area (Å²) in [4.78, 5) is 26.2. The van der Waals surface area contributed by atoms with Gasteiger partial charge < -0.3 is 5.32 Å². The Morgan fingerprint density at radius 2 is 1.63 bits per heavy atom. The maximum Gasteiger partial charge on any atom is 0.255 e. The van der Waals surface area contributed by atoms with Gasteiger partial charge in [0.25, 0.3) is 11.9 Å². The first-order valence-corrected chi connectivity index (χ1v) is 11.0. The summed E-state index contributed by atoms with van der Waals surface area (Å²) < 4.78 is 15.7. The van der Waals surface area contributed by atoms with Crippen LogP contribution in [0, 0.1) is 12.7 Å². The van der Waals surface area contributed by atoms with Gasteiger partial charge in [0.05, 0.1) is 29.2 Å². The molecule has 1 atom stereocenters.